The van der Waals surface area contributed by atoms with Crippen molar-refractivity contribution in [3.63, 3.8) is 0 Å². The van der Waals surface area contributed by atoms with Crippen LogP contribution in [0, 0.1) is 0 Å². The van der Waals surface area contributed by atoms with Crippen LogP contribution in [0.1, 0.15) is 0 Å². The number of benzene rings is 5. The van der Waals surface area contributed by atoms with Gasteiger partial charge in [0.2, 0.25) is 0 Å². The lowest BCUT2D eigenvalue weighted by Gasteiger charge is -2.09. The molecule has 7 aromatic rings. The van der Waals surface area contributed by atoms with Crippen LogP contribution in [0.4, 0.5) is 0 Å². The number of thiophene rings is 1. The zero-order valence-corrected chi connectivity index (χ0v) is 19.3. The Morgan fingerprint density at radius 3 is 2.00 bits per heavy atom. The average molecular weight is 452 g/mol. The standard InChI is InChI=1S/C32H21NS/c1-3-8-22(9-4-1)23-10-7-11-24(20-23)25-14-16-30-29(21-25)27-15-17-31-28(18-19-34-31)32(27)33(30)26-12-5-2-6-13-26/h1-21H. The summed E-state index contributed by atoms with van der Waals surface area (Å²) in [7, 11) is 0. The fourth-order valence-electron chi connectivity index (χ4n) is 5.09. The summed E-state index contributed by atoms with van der Waals surface area (Å²) in [5, 5.41) is 6.09. The van der Waals surface area contributed by atoms with E-state index in [1.807, 2.05) is 0 Å². The van der Waals surface area contributed by atoms with E-state index in [0.29, 0.717) is 0 Å². The predicted molar refractivity (Wildman–Crippen MR) is 147 cm³/mol. The van der Waals surface area contributed by atoms with Gasteiger partial charge in [0, 0.05) is 26.5 Å². The molecule has 5 aromatic carbocycles. The molecule has 0 bridgehead atoms. The molecule has 0 amide bonds. The van der Waals surface area contributed by atoms with Gasteiger partial charge in [-0.15, -0.1) is 11.3 Å². The van der Waals surface area contributed by atoms with Crippen LogP contribution >= 0.6 is 11.3 Å². The van der Waals surface area contributed by atoms with Gasteiger partial charge in [-0.2, -0.15) is 0 Å². The third kappa shape index (κ3) is 3.00. The van der Waals surface area contributed by atoms with Crippen molar-refractivity contribution in [1.29, 1.82) is 0 Å². The maximum Gasteiger partial charge on any atom is 0.0627 e. The molecule has 0 saturated carbocycles. The van der Waals surface area contributed by atoms with Crippen LogP contribution in [0.2, 0.25) is 0 Å². The zero-order valence-electron chi connectivity index (χ0n) is 18.5. The molecule has 0 aliphatic carbocycles. The van der Waals surface area contributed by atoms with Crippen LogP contribution in [0.15, 0.2) is 127 Å². The van der Waals surface area contributed by atoms with E-state index in [-0.39, 0.29) is 0 Å². The molecule has 34 heavy (non-hydrogen) atoms. The summed E-state index contributed by atoms with van der Waals surface area (Å²) in [6.45, 7) is 0. The summed E-state index contributed by atoms with van der Waals surface area (Å²) >= 11 is 1.80. The smallest absolute Gasteiger partial charge is 0.0627 e. The summed E-state index contributed by atoms with van der Waals surface area (Å²) in [5.41, 5.74) is 8.68. The first kappa shape index (κ1) is 19.3. The van der Waals surface area contributed by atoms with Crippen LogP contribution in [0.5, 0.6) is 0 Å². The van der Waals surface area contributed by atoms with Gasteiger partial charge in [0.1, 0.15) is 0 Å². The highest BCUT2D eigenvalue weighted by molar-refractivity contribution is 7.17. The van der Waals surface area contributed by atoms with Crippen LogP contribution in [0.25, 0.3) is 59.8 Å². The normalized spacial score (nSPS) is 11.5. The van der Waals surface area contributed by atoms with E-state index < -0.39 is 0 Å². The molecule has 2 heteroatoms. The fourth-order valence-corrected chi connectivity index (χ4v) is 5.88. The molecular weight excluding hydrogens is 430 g/mol. The summed E-state index contributed by atoms with van der Waals surface area (Å²) in [4.78, 5) is 0. The molecule has 0 atom stereocenters. The number of para-hydroxylation sites is 1. The molecule has 7 rings (SSSR count). The number of rotatable bonds is 3. The van der Waals surface area contributed by atoms with E-state index in [1.165, 1.54) is 59.8 Å². The minimum atomic E-state index is 1.19. The highest BCUT2D eigenvalue weighted by atomic mass is 32.1. The molecule has 2 heterocycles. The van der Waals surface area contributed by atoms with Crippen molar-refractivity contribution in [2.24, 2.45) is 0 Å². The van der Waals surface area contributed by atoms with Crippen LogP contribution in [0.3, 0.4) is 0 Å². The minimum absolute atomic E-state index is 1.19. The van der Waals surface area contributed by atoms with E-state index in [1.54, 1.807) is 11.3 Å². The van der Waals surface area contributed by atoms with Gasteiger partial charge in [-0.1, -0.05) is 78.9 Å². The van der Waals surface area contributed by atoms with Crippen molar-refractivity contribution < 1.29 is 0 Å². The third-order valence-electron chi connectivity index (χ3n) is 6.68. The summed E-state index contributed by atoms with van der Waals surface area (Å²) < 4.78 is 3.74. The Hall–Kier alpha value is -4.14. The van der Waals surface area contributed by atoms with Gasteiger partial charge in [-0.25, -0.2) is 0 Å². The summed E-state index contributed by atoms with van der Waals surface area (Å²) in [5.74, 6) is 0. The topological polar surface area (TPSA) is 4.93 Å². The maximum atomic E-state index is 2.42. The predicted octanol–water partition coefficient (Wildman–Crippen LogP) is 9.33. The minimum Gasteiger partial charge on any atom is -0.309 e. The van der Waals surface area contributed by atoms with Crippen molar-refractivity contribution >= 4 is 43.2 Å². The van der Waals surface area contributed by atoms with Crippen molar-refractivity contribution in [1.82, 2.24) is 4.57 Å². The Kier molecular flexibility index (Phi) is 4.39. The second-order valence-electron chi connectivity index (χ2n) is 8.64. The molecule has 0 fully saturated rings. The van der Waals surface area contributed by atoms with E-state index in [0.717, 1.165) is 0 Å². The summed E-state index contributed by atoms with van der Waals surface area (Å²) in [6.07, 6.45) is 0. The molecule has 0 saturated heterocycles. The molecule has 0 radical (unpaired) electrons. The molecule has 160 valence electrons. The molecule has 0 aliphatic rings. The molecule has 1 nitrogen and oxygen atoms in total. The van der Waals surface area contributed by atoms with Gasteiger partial charge < -0.3 is 4.57 Å². The quantitative estimate of drug-likeness (QED) is 0.252. The largest absolute Gasteiger partial charge is 0.309 e. The lowest BCUT2D eigenvalue weighted by atomic mass is 9.98. The van der Waals surface area contributed by atoms with Gasteiger partial charge in [0.15, 0.2) is 0 Å². The summed E-state index contributed by atoms with van der Waals surface area (Å²) in [6, 6.07) is 43.9. The maximum absolute atomic E-state index is 2.42. The zero-order chi connectivity index (χ0) is 22.5. The van der Waals surface area contributed by atoms with Gasteiger partial charge >= 0.3 is 0 Å². The Morgan fingerprint density at radius 2 is 1.18 bits per heavy atom. The lowest BCUT2D eigenvalue weighted by Crippen LogP contribution is -1.93. The Morgan fingerprint density at radius 1 is 0.471 bits per heavy atom. The van der Waals surface area contributed by atoms with E-state index >= 15 is 0 Å². The second-order valence-corrected chi connectivity index (χ2v) is 9.59. The van der Waals surface area contributed by atoms with Crippen molar-refractivity contribution in [3.8, 4) is 27.9 Å². The second kappa shape index (κ2) is 7.72. The van der Waals surface area contributed by atoms with Crippen LogP contribution in [-0.2, 0) is 0 Å². The van der Waals surface area contributed by atoms with E-state index in [9.17, 15) is 0 Å². The number of aromatic nitrogens is 1. The highest BCUT2D eigenvalue weighted by Gasteiger charge is 2.16. The van der Waals surface area contributed by atoms with Crippen molar-refractivity contribution in [2.75, 3.05) is 0 Å². The lowest BCUT2D eigenvalue weighted by molar-refractivity contribution is 1.19. The van der Waals surface area contributed by atoms with Crippen LogP contribution < -0.4 is 0 Å². The number of hydrogen-bond donors (Lipinski definition) is 0. The Balaban J connectivity index is 1.50. The van der Waals surface area contributed by atoms with Crippen LogP contribution in [-0.4, -0.2) is 4.57 Å². The SMILES string of the molecule is c1ccc(-c2cccc(-c3ccc4c(c3)c3ccc5sccc5c3n4-c3ccccc3)c2)cc1. The van der Waals surface area contributed by atoms with Gasteiger partial charge in [-0.3, -0.25) is 0 Å². The fraction of sp³-hybridized carbons (Fsp3) is 0. The first-order chi connectivity index (χ1) is 16.9. The molecule has 0 unspecified atom stereocenters. The monoisotopic (exact) mass is 451 g/mol. The van der Waals surface area contributed by atoms with Gasteiger partial charge in [0.05, 0.1) is 11.0 Å². The molecule has 0 spiro atoms. The van der Waals surface area contributed by atoms with Crippen molar-refractivity contribution in [2.45, 2.75) is 0 Å². The van der Waals surface area contributed by atoms with E-state index in [4.69, 9.17) is 0 Å². The number of nitrogens with zero attached hydrogens (tertiary/aromatic N) is 1. The average Bonchev–Trinajstić information content (AvgIpc) is 3.52. The van der Waals surface area contributed by atoms with Gasteiger partial charge in [-0.05, 0) is 70.1 Å². The first-order valence-corrected chi connectivity index (χ1v) is 12.4. The molecule has 0 aliphatic heterocycles. The molecule has 0 N–H and O–H groups in total. The van der Waals surface area contributed by atoms with E-state index in [2.05, 4.69) is 131 Å². The van der Waals surface area contributed by atoms with Gasteiger partial charge in [0.25, 0.3) is 0 Å². The number of hydrogen-bond acceptors (Lipinski definition) is 1. The third-order valence-corrected chi connectivity index (χ3v) is 7.56. The van der Waals surface area contributed by atoms with Crippen molar-refractivity contribution in [3.05, 3.63) is 127 Å². The highest BCUT2D eigenvalue weighted by Crippen LogP contribution is 2.39. The number of fused-ring (bicyclic) bond motifs is 5. The molecule has 2 aromatic heterocycles. The first-order valence-electron chi connectivity index (χ1n) is 11.5. The molecular formula is C32H21NS. The Labute approximate surface area is 202 Å². The Bertz CT molecular complexity index is 1790.